The molecule has 2 aromatic rings. The van der Waals surface area contributed by atoms with Gasteiger partial charge in [0, 0.05) is 5.02 Å². The smallest absolute Gasteiger partial charge is 0.228 e. The van der Waals surface area contributed by atoms with E-state index in [1.54, 1.807) is 18.2 Å². The molecule has 0 radical (unpaired) electrons. The Morgan fingerprint density at radius 2 is 1.77 bits per heavy atom. The van der Waals surface area contributed by atoms with E-state index in [2.05, 4.69) is 26.1 Å². The maximum atomic E-state index is 12.1. The van der Waals surface area contributed by atoms with Crippen molar-refractivity contribution in [2.24, 2.45) is 0 Å². The van der Waals surface area contributed by atoms with E-state index in [9.17, 15) is 9.90 Å². The van der Waals surface area contributed by atoms with Gasteiger partial charge in [0.1, 0.15) is 5.75 Å². The Kier molecular flexibility index (Phi) is 4.77. The van der Waals surface area contributed by atoms with Crippen molar-refractivity contribution in [1.82, 2.24) is 0 Å². The van der Waals surface area contributed by atoms with Crippen LogP contribution in [0.15, 0.2) is 42.5 Å². The van der Waals surface area contributed by atoms with Gasteiger partial charge in [0.05, 0.1) is 12.1 Å². The van der Waals surface area contributed by atoms with Gasteiger partial charge in [-0.2, -0.15) is 0 Å². The second kappa shape index (κ2) is 6.41. The average molecular weight is 318 g/mol. The number of phenolic OH excluding ortho intramolecular Hbond substituents is 1. The maximum Gasteiger partial charge on any atom is 0.228 e. The monoisotopic (exact) mass is 317 g/mol. The summed E-state index contributed by atoms with van der Waals surface area (Å²) < 4.78 is 0. The highest BCUT2D eigenvalue weighted by molar-refractivity contribution is 6.30. The van der Waals surface area contributed by atoms with Crippen LogP contribution < -0.4 is 5.32 Å². The van der Waals surface area contributed by atoms with Gasteiger partial charge in [-0.3, -0.25) is 4.79 Å². The van der Waals surface area contributed by atoms with Gasteiger partial charge in [-0.25, -0.2) is 0 Å². The summed E-state index contributed by atoms with van der Waals surface area (Å²) >= 11 is 5.83. The Morgan fingerprint density at radius 1 is 1.14 bits per heavy atom. The quantitative estimate of drug-likeness (QED) is 0.817. The molecule has 116 valence electrons. The Hall–Kier alpha value is -2.00. The molecule has 0 aliphatic rings. The zero-order valence-corrected chi connectivity index (χ0v) is 13.7. The number of hydrogen-bond acceptors (Lipinski definition) is 2. The summed E-state index contributed by atoms with van der Waals surface area (Å²) in [6, 6.07) is 12.4. The fourth-order valence-corrected chi connectivity index (χ4v) is 2.21. The summed E-state index contributed by atoms with van der Waals surface area (Å²) in [5.41, 5.74) is 2.30. The molecule has 0 heterocycles. The highest BCUT2D eigenvalue weighted by Crippen LogP contribution is 2.30. The summed E-state index contributed by atoms with van der Waals surface area (Å²) in [4.78, 5) is 12.1. The number of aromatic hydroxyl groups is 1. The topological polar surface area (TPSA) is 49.3 Å². The Morgan fingerprint density at radius 3 is 2.36 bits per heavy atom. The molecule has 0 spiro atoms. The third kappa shape index (κ3) is 4.25. The molecule has 4 heteroatoms. The zero-order chi connectivity index (χ0) is 16.3. The zero-order valence-electron chi connectivity index (χ0n) is 13.0. The molecule has 22 heavy (non-hydrogen) atoms. The second-order valence-corrected chi connectivity index (χ2v) is 6.77. The SMILES string of the molecule is CC(C)(C)c1ccc(O)c(NC(=O)Cc2ccc(Cl)cc2)c1. The number of carbonyl (C=O) groups is 1. The third-order valence-corrected chi connectivity index (χ3v) is 3.67. The molecule has 0 saturated heterocycles. The Balaban J connectivity index is 2.12. The predicted octanol–water partition coefficient (Wildman–Crippen LogP) is 4.52. The van der Waals surface area contributed by atoms with Crippen LogP contribution in [0.1, 0.15) is 31.9 Å². The van der Waals surface area contributed by atoms with Crippen LogP contribution >= 0.6 is 11.6 Å². The third-order valence-electron chi connectivity index (χ3n) is 3.41. The first-order valence-corrected chi connectivity index (χ1v) is 7.51. The van der Waals surface area contributed by atoms with Crippen molar-refractivity contribution in [2.75, 3.05) is 5.32 Å². The Bertz CT molecular complexity index is 672. The van der Waals surface area contributed by atoms with Crippen molar-refractivity contribution in [3.63, 3.8) is 0 Å². The van der Waals surface area contributed by atoms with Crippen LogP contribution in [0.3, 0.4) is 0 Å². The summed E-state index contributed by atoms with van der Waals surface area (Å²) in [5.74, 6) is -0.110. The van der Waals surface area contributed by atoms with Crippen LogP contribution in [0.25, 0.3) is 0 Å². The number of rotatable bonds is 3. The van der Waals surface area contributed by atoms with E-state index in [4.69, 9.17) is 11.6 Å². The van der Waals surface area contributed by atoms with Gasteiger partial charge in [0.2, 0.25) is 5.91 Å². The molecule has 0 fully saturated rings. The minimum absolute atomic E-state index is 0.0522. The molecule has 0 aromatic heterocycles. The van der Waals surface area contributed by atoms with Crippen molar-refractivity contribution in [3.8, 4) is 5.75 Å². The summed E-state index contributed by atoms with van der Waals surface area (Å²) in [6.45, 7) is 6.25. The molecule has 2 rings (SSSR count). The first-order chi connectivity index (χ1) is 10.3. The van der Waals surface area contributed by atoms with E-state index in [-0.39, 0.29) is 23.5 Å². The highest BCUT2D eigenvalue weighted by Gasteiger charge is 2.16. The molecular weight excluding hydrogens is 298 g/mol. The van der Waals surface area contributed by atoms with E-state index >= 15 is 0 Å². The second-order valence-electron chi connectivity index (χ2n) is 6.33. The first kappa shape index (κ1) is 16.4. The van der Waals surface area contributed by atoms with Crippen LogP contribution in [0.4, 0.5) is 5.69 Å². The van der Waals surface area contributed by atoms with Crippen LogP contribution in [0.5, 0.6) is 5.75 Å². The molecule has 1 amide bonds. The largest absolute Gasteiger partial charge is 0.506 e. The lowest BCUT2D eigenvalue weighted by Crippen LogP contribution is -2.16. The van der Waals surface area contributed by atoms with Crippen molar-refractivity contribution in [2.45, 2.75) is 32.6 Å². The number of benzene rings is 2. The van der Waals surface area contributed by atoms with Crippen molar-refractivity contribution < 1.29 is 9.90 Å². The average Bonchev–Trinajstić information content (AvgIpc) is 2.42. The number of phenols is 1. The van der Waals surface area contributed by atoms with E-state index in [1.165, 1.54) is 0 Å². The number of hydrogen-bond donors (Lipinski definition) is 2. The molecule has 0 aliphatic carbocycles. The van der Waals surface area contributed by atoms with Gasteiger partial charge < -0.3 is 10.4 Å². The summed E-state index contributed by atoms with van der Waals surface area (Å²) in [6.07, 6.45) is 0.232. The van der Waals surface area contributed by atoms with Gasteiger partial charge in [0.15, 0.2) is 0 Å². The lowest BCUT2D eigenvalue weighted by molar-refractivity contribution is -0.115. The van der Waals surface area contributed by atoms with Gasteiger partial charge in [0.25, 0.3) is 0 Å². The van der Waals surface area contributed by atoms with E-state index in [0.717, 1.165) is 11.1 Å². The lowest BCUT2D eigenvalue weighted by atomic mass is 9.87. The van der Waals surface area contributed by atoms with Crippen LogP contribution in [-0.4, -0.2) is 11.0 Å². The van der Waals surface area contributed by atoms with Gasteiger partial charge >= 0.3 is 0 Å². The first-order valence-electron chi connectivity index (χ1n) is 7.13. The molecular formula is C18H20ClNO2. The normalized spacial score (nSPS) is 11.3. The van der Waals surface area contributed by atoms with Crippen LogP contribution in [0.2, 0.25) is 5.02 Å². The van der Waals surface area contributed by atoms with Crippen LogP contribution in [0, 0.1) is 0 Å². The minimum Gasteiger partial charge on any atom is -0.506 e. The van der Waals surface area contributed by atoms with Gasteiger partial charge in [-0.1, -0.05) is 50.6 Å². The summed E-state index contributed by atoms with van der Waals surface area (Å²) in [7, 11) is 0. The lowest BCUT2D eigenvalue weighted by Gasteiger charge is -2.20. The minimum atomic E-state index is -0.177. The number of anilines is 1. The summed E-state index contributed by atoms with van der Waals surface area (Å²) in [5, 5.41) is 13.3. The van der Waals surface area contributed by atoms with Gasteiger partial charge in [-0.05, 0) is 40.8 Å². The number of nitrogens with one attached hydrogen (secondary N) is 1. The molecule has 0 unspecified atom stereocenters. The number of amides is 1. The molecule has 2 aromatic carbocycles. The van der Waals surface area contributed by atoms with E-state index in [1.807, 2.05) is 24.3 Å². The van der Waals surface area contributed by atoms with Crippen LogP contribution in [-0.2, 0) is 16.6 Å². The van der Waals surface area contributed by atoms with Crippen molar-refractivity contribution >= 4 is 23.2 Å². The molecule has 0 saturated carbocycles. The van der Waals surface area contributed by atoms with Crippen molar-refractivity contribution in [3.05, 3.63) is 58.6 Å². The molecule has 0 bridgehead atoms. The van der Waals surface area contributed by atoms with E-state index in [0.29, 0.717) is 10.7 Å². The molecule has 2 N–H and O–H groups in total. The number of halogens is 1. The molecule has 0 atom stereocenters. The Labute approximate surface area is 135 Å². The van der Waals surface area contributed by atoms with Crippen molar-refractivity contribution in [1.29, 1.82) is 0 Å². The predicted molar refractivity (Wildman–Crippen MR) is 90.6 cm³/mol. The standard InChI is InChI=1S/C18H20ClNO2/c1-18(2,3)13-6-9-16(21)15(11-13)20-17(22)10-12-4-7-14(19)8-5-12/h4-9,11,21H,10H2,1-3H3,(H,20,22). The fourth-order valence-electron chi connectivity index (χ4n) is 2.08. The number of carbonyl (C=O) groups excluding carboxylic acids is 1. The fraction of sp³-hybridized carbons (Fsp3) is 0.278. The maximum absolute atomic E-state index is 12.1. The highest BCUT2D eigenvalue weighted by atomic mass is 35.5. The van der Waals surface area contributed by atoms with E-state index < -0.39 is 0 Å². The van der Waals surface area contributed by atoms with Gasteiger partial charge in [-0.15, -0.1) is 0 Å². The molecule has 0 aliphatic heterocycles. The molecule has 3 nitrogen and oxygen atoms in total.